The standard InChI is InChI=1S/C26H31BrFI/c1-2-3-4-5-6-7-8-9-10-11-12-19-13-20-14-23-18-26(29)24(27)16-21(23)15-22(20)17-25(19)28/h13-18H,2-12H2,1H3. The van der Waals surface area contributed by atoms with Crippen molar-refractivity contribution < 1.29 is 4.39 Å². The second-order valence-corrected chi connectivity index (χ2v) is 10.2. The van der Waals surface area contributed by atoms with Gasteiger partial charge in [0, 0.05) is 8.04 Å². The van der Waals surface area contributed by atoms with Crippen molar-refractivity contribution in [3.8, 4) is 0 Å². The number of unbranched alkanes of at least 4 members (excludes halogenated alkanes) is 9. The third-order valence-electron chi connectivity index (χ3n) is 5.80. The summed E-state index contributed by atoms with van der Waals surface area (Å²) in [5.41, 5.74) is 0.864. The Bertz CT molecular complexity index is 950. The maximum atomic E-state index is 14.6. The van der Waals surface area contributed by atoms with E-state index in [9.17, 15) is 4.39 Å². The zero-order chi connectivity index (χ0) is 20.6. The van der Waals surface area contributed by atoms with Gasteiger partial charge in [0.15, 0.2) is 0 Å². The molecule has 156 valence electrons. The van der Waals surface area contributed by atoms with Gasteiger partial charge in [-0.05, 0) is 115 Å². The summed E-state index contributed by atoms with van der Waals surface area (Å²) in [7, 11) is 0. The minimum Gasteiger partial charge on any atom is -0.207 e. The van der Waals surface area contributed by atoms with Gasteiger partial charge < -0.3 is 0 Å². The molecule has 0 heterocycles. The Labute approximate surface area is 196 Å². The minimum atomic E-state index is -0.0580. The molecule has 0 spiro atoms. The largest absolute Gasteiger partial charge is 0.207 e. The van der Waals surface area contributed by atoms with E-state index in [2.05, 4.69) is 75.8 Å². The molecule has 0 nitrogen and oxygen atoms in total. The second-order valence-electron chi connectivity index (χ2n) is 8.19. The predicted molar refractivity (Wildman–Crippen MR) is 137 cm³/mol. The first-order chi connectivity index (χ1) is 14.1. The third kappa shape index (κ3) is 6.65. The molecule has 3 rings (SSSR count). The molecule has 0 aliphatic heterocycles. The number of benzene rings is 3. The van der Waals surface area contributed by atoms with Crippen molar-refractivity contribution in [3.63, 3.8) is 0 Å². The van der Waals surface area contributed by atoms with Crippen molar-refractivity contribution in [3.05, 3.63) is 55.8 Å². The first-order valence-corrected chi connectivity index (χ1v) is 13.0. The number of halogens is 3. The normalized spacial score (nSPS) is 11.6. The number of fused-ring (bicyclic) bond motifs is 2. The van der Waals surface area contributed by atoms with Crippen LogP contribution < -0.4 is 0 Å². The SMILES string of the molecule is CCCCCCCCCCCCc1cc2cc3cc(I)c(Br)cc3cc2cc1F. The van der Waals surface area contributed by atoms with Gasteiger partial charge in [-0.25, -0.2) is 4.39 Å². The molecular formula is C26H31BrFI. The summed E-state index contributed by atoms with van der Waals surface area (Å²) in [6, 6.07) is 12.4. The van der Waals surface area contributed by atoms with Crippen LogP contribution in [-0.4, -0.2) is 0 Å². The molecule has 29 heavy (non-hydrogen) atoms. The summed E-state index contributed by atoms with van der Waals surface area (Å²) in [5, 5.41) is 4.47. The highest BCUT2D eigenvalue weighted by atomic mass is 127. The van der Waals surface area contributed by atoms with Crippen LogP contribution in [0.5, 0.6) is 0 Å². The van der Waals surface area contributed by atoms with E-state index in [1.165, 1.54) is 66.7 Å². The molecule has 3 aromatic carbocycles. The van der Waals surface area contributed by atoms with Crippen molar-refractivity contribution in [2.24, 2.45) is 0 Å². The number of aryl methyl sites for hydroxylation is 1. The molecule has 0 bridgehead atoms. The van der Waals surface area contributed by atoms with Gasteiger partial charge in [0.2, 0.25) is 0 Å². The van der Waals surface area contributed by atoms with E-state index in [4.69, 9.17) is 0 Å². The molecule has 0 saturated heterocycles. The molecule has 3 heteroatoms. The van der Waals surface area contributed by atoms with E-state index in [0.29, 0.717) is 0 Å². The average Bonchev–Trinajstić information content (AvgIpc) is 2.69. The Hall–Kier alpha value is -0.680. The van der Waals surface area contributed by atoms with Gasteiger partial charge in [-0.3, -0.25) is 0 Å². The third-order valence-corrected chi connectivity index (χ3v) is 8.09. The van der Waals surface area contributed by atoms with Crippen LogP contribution in [0, 0.1) is 9.39 Å². The van der Waals surface area contributed by atoms with Gasteiger partial charge in [-0.2, -0.15) is 0 Å². The zero-order valence-corrected chi connectivity index (χ0v) is 21.1. The fraction of sp³-hybridized carbons (Fsp3) is 0.462. The summed E-state index contributed by atoms with van der Waals surface area (Å²) < 4.78 is 16.9. The van der Waals surface area contributed by atoms with E-state index < -0.39 is 0 Å². The van der Waals surface area contributed by atoms with Crippen LogP contribution in [0.25, 0.3) is 21.5 Å². The van der Waals surface area contributed by atoms with Crippen LogP contribution in [-0.2, 0) is 6.42 Å². The van der Waals surface area contributed by atoms with Crippen molar-refractivity contribution in [2.45, 2.75) is 77.6 Å². The predicted octanol–water partition coefficient (Wildman–Crippen LogP) is 9.96. The summed E-state index contributed by atoms with van der Waals surface area (Å²) in [4.78, 5) is 0. The average molecular weight is 569 g/mol. The van der Waals surface area contributed by atoms with Crippen LogP contribution in [0.4, 0.5) is 4.39 Å². The maximum absolute atomic E-state index is 14.6. The van der Waals surface area contributed by atoms with E-state index in [-0.39, 0.29) is 5.82 Å². The topological polar surface area (TPSA) is 0 Å². The first-order valence-electron chi connectivity index (χ1n) is 11.1. The summed E-state index contributed by atoms with van der Waals surface area (Å²) in [6.45, 7) is 2.26. The van der Waals surface area contributed by atoms with Crippen LogP contribution in [0.3, 0.4) is 0 Å². The Morgan fingerprint density at radius 2 is 1.21 bits per heavy atom. The van der Waals surface area contributed by atoms with E-state index in [1.807, 2.05) is 0 Å². The highest BCUT2D eigenvalue weighted by Crippen LogP contribution is 2.30. The monoisotopic (exact) mass is 568 g/mol. The van der Waals surface area contributed by atoms with Crippen molar-refractivity contribution in [1.82, 2.24) is 0 Å². The lowest BCUT2D eigenvalue weighted by Gasteiger charge is -2.09. The Morgan fingerprint density at radius 1 is 0.690 bits per heavy atom. The van der Waals surface area contributed by atoms with Crippen LogP contribution in [0.1, 0.15) is 76.7 Å². The fourth-order valence-electron chi connectivity index (χ4n) is 4.06. The lowest BCUT2D eigenvalue weighted by Crippen LogP contribution is -1.92. The molecule has 0 N–H and O–H groups in total. The van der Waals surface area contributed by atoms with Crippen LogP contribution >= 0.6 is 38.5 Å². The fourth-order valence-corrected chi connectivity index (χ4v) is 4.91. The highest BCUT2D eigenvalue weighted by molar-refractivity contribution is 14.1. The van der Waals surface area contributed by atoms with E-state index in [0.717, 1.165) is 39.0 Å². The molecule has 0 radical (unpaired) electrons. The molecule has 3 aromatic rings. The summed E-state index contributed by atoms with van der Waals surface area (Å²) in [5.74, 6) is -0.0580. The van der Waals surface area contributed by atoms with Crippen molar-refractivity contribution >= 4 is 60.1 Å². The number of hydrogen-bond donors (Lipinski definition) is 0. The molecule has 0 amide bonds. The molecule has 0 atom stereocenters. The zero-order valence-electron chi connectivity index (χ0n) is 17.4. The van der Waals surface area contributed by atoms with Crippen molar-refractivity contribution in [2.75, 3.05) is 0 Å². The smallest absolute Gasteiger partial charge is 0.127 e. The highest BCUT2D eigenvalue weighted by Gasteiger charge is 2.08. The van der Waals surface area contributed by atoms with Crippen LogP contribution in [0.15, 0.2) is 40.9 Å². The second kappa shape index (κ2) is 11.6. The van der Waals surface area contributed by atoms with Gasteiger partial charge in [0.1, 0.15) is 5.82 Å². The van der Waals surface area contributed by atoms with Crippen LogP contribution in [0.2, 0.25) is 0 Å². The summed E-state index contributed by atoms with van der Waals surface area (Å²) in [6.07, 6.45) is 13.9. The molecule has 0 aromatic heterocycles. The molecule has 0 aliphatic rings. The van der Waals surface area contributed by atoms with Gasteiger partial charge >= 0.3 is 0 Å². The quantitative estimate of drug-likeness (QED) is 0.123. The minimum absolute atomic E-state index is 0.0580. The van der Waals surface area contributed by atoms with Gasteiger partial charge in [0.05, 0.1) is 0 Å². The number of rotatable bonds is 11. The van der Waals surface area contributed by atoms with E-state index >= 15 is 0 Å². The Kier molecular flexibility index (Phi) is 9.23. The molecular weight excluding hydrogens is 538 g/mol. The van der Waals surface area contributed by atoms with E-state index in [1.54, 1.807) is 6.07 Å². The molecule has 0 aliphatic carbocycles. The Balaban J connectivity index is 1.54. The molecule has 0 fully saturated rings. The maximum Gasteiger partial charge on any atom is 0.127 e. The van der Waals surface area contributed by atoms with Gasteiger partial charge in [0.25, 0.3) is 0 Å². The lowest BCUT2D eigenvalue weighted by atomic mass is 9.98. The molecule has 0 saturated carbocycles. The van der Waals surface area contributed by atoms with Gasteiger partial charge in [-0.1, -0.05) is 64.7 Å². The molecule has 0 unspecified atom stereocenters. The van der Waals surface area contributed by atoms with Crippen molar-refractivity contribution in [1.29, 1.82) is 0 Å². The lowest BCUT2D eigenvalue weighted by molar-refractivity contribution is 0.551. The first kappa shape index (κ1) is 23.0. The summed E-state index contributed by atoms with van der Waals surface area (Å²) >= 11 is 5.93. The van der Waals surface area contributed by atoms with Gasteiger partial charge in [-0.15, -0.1) is 0 Å². The number of hydrogen-bond acceptors (Lipinski definition) is 0. The Morgan fingerprint density at radius 3 is 1.86 bits per heavy atom.